The van der Waals surface area contributed by atoms with Gasteiger partial charge in [-0.15, -0.1) is 0 Å². The number of halogens is 2. The molecule has 1 heterocycles. The Kier molecular flexibility index (Phi) is 5.32. The van der Waals surface area contributed by atoms with Crippen LogP contribution in [-0.2, 0) is 6.54 Å². The van der Waals surface area contributed by atoms with Gasteiger partial charge in [-0.1, -0.05) is 18.6 Å². The quantitative estimate of drug-likeness (QED) is 0.902. The molecule has 1 aromatic rings. The van der Waals surface area contributed by atoms with E-state index in [0.717, 1.165) is 23.9 Å². The van der Waals surface area contributed by atoms with E-state index in [1.54, 1.807) is 6.07 Å². The summed E-state index contributed by atoms with van der Waals surface area (Å²) < 4.78 is 13.9. The standard InChI is InChI=1S/C13H17BrFNS/c14-13-10(4-3-6-12(13)15)8-16-9-11-5-1-2-7-17-11/h3-4,6,11,16H,1-2,5,7-9H2. The summed E-state index contributed by atoms with van der Waals surface area (Å²) >= 11 is 5.34. The van der Waals surface area contributed by atoms with Crippen LogP contribution < -0.4 is 5.32 Å². The third-order valence-electron chi connectivity index (χ3n) is 2.99. The minimum absolute atomic E-state index is 0.184. The highest BCUT2D eigenvalue weighted by molar-refractivity contribution is 9.10. The lowest BCUT2D eigenvalue weighted by Gasteiger charge is -2.21. The van der Waals surface area contributed by atoms with Gasteiger partial charge < -0.3 is 5.32 Å². The zero-order valence-corrected chi connectivity index (χ0v) is 12.1. The maximum absolute atomic E-state index is 13.3. The zero-order valence-electron chi connectivity index (χ0n) is 9.72. The summed E-state index contributed by atoms with van der Waals surface area (Å²) in [6, 6.07) is 5.19. The SMILES string of the molecule is Fc1cccc(CNCC2CCCCS2)c1Br. The van der Waals surface area contributed by atoms with Gasteiger partial charge in [-0.2, -0.15) is 11.8 Å². The van der Waals surface area contributed by atoms with Gasteiger partial charge in [0.2, 0.25) is 0 Å². The van der Waals surface area contributed by atoms with Gasteiger partial charge in [-0.3, -0.25) is 0 Å². The van der Waals surface area contributed by atoms with Gasteiger partial charge in [0.1, 0.15) is 5.82 Å². The maximum Gasteiger partial charge on any atom is 0.137 e. The maximum atomic E-state index is 13.3. The Bertz CT molecular complexity index is 366. The second-order valence-corrected chi connectivity index (χ2v) is 6.53. The average Bonchev–Trinajstić information content (AvgIpc) is 2.36. The summed E-state index contributed by atoms with van der Waals surface area (Å²) in [6.07, 6.45) is 4.02. The fraction of sp³-hybridized carbons (Fsp3) is 0.538. The third-order valence-corrected chi connectivity index (χ3v) is 5.28. The molecule has 0 amide bonds. The molecule has 1 aromatic carbocycles. The van der Waals surface area contributed by atoms with Crippen molar-refractivity contribution < 1.29 is 4.39 Å². The largest absolute Gasteiger partial charge is 0.312 e. The predicted molar refractivity (Wildman–Crippen MR) is 75.9 cm³/mol. The predicted octanol–water partition coefficient (Wildman–Crippen LogP) is 3.96. The number of hydrogen-bond acceptors (Lipinski definition) is 2. The Labute approximate surface area is 115 Å². The molecule has 4 heteroatoms. The molecule has 0 aliphatic carbocycles. The highest BCUT2D eigenvalue weighted by Gasteiger charge is 2.13. The van der Waals surface area contributed by atoms with Crippen LogP contribution in [0.15, 0.2) is 22.7 Å². The molecule has 0 radical (unpaired) electrons. The molecule has 1 atom stereocenters. The van der Waals surface area contributed by atoms with Gasteiger partial charge in [0, 0.05) is 18.3 Å². The van der Waals surface area contributed by atoms with Crippen LogP contribution in [0.25, 0.3) is 0 Å². The van der Waals surface area contributed by atoms with Crippen LogP contribution in [-0.4, -0.2) is 17.5 Å². The van der Waals surface area contributed by atoms with E-state index in [4.69, 9.17) is 0 Å². The molecule has 0 bridgehead atoms. The molecule has 1 saturated heterocycles. The van der Waals surface area contributed by atoms with E-state index in [1.807, 2.05) is 6.07 Å². The number of benzene rings is 1. The van der Waals surface area contributed by atoms with Gasteiger partial charge in [0.25, 0.3) is 0 Å². The number of thioether (sulfide) groups is 1. The molecule has 1 aliphatic rings. The first kappa shape index (κ1) is 13.4. The van der Waals surface area contributed by atoms with Gasteiger partial charge in [0.05, 0.1) is 4.47 Å². The number of hydrogen-bond donors (Lipinski definition) is 1. The van der Waals surface area contributed by atoms with Crippen molar-refractivity contribution >= 4 is 27.7 Å². The molecule has 94 valence electrons. The van der Waals surface area contributed by atoms with Crippen LogP contribution >= 0.6 is 27.7 Å². The second-order valence-electron chi connectivity index (χ2n) is 4.33. The first-order chi connectivity index (χ1) is 8.27. The fourth-order valence-corrected chi connectivity index (χ4v) is 3.70. The van der Waals surface area contributed by atoms with Gasteiger partial charge in [-0.05, 0) is 46.2 Å². The van der Waals surface area contributed by atoms with Crippen molar-refractivity contribution in [3.05, 3.63) is 34.1 Å². The van der Waals surface area contributed by atoms with E-state index in [1.165, 1.54) is 31.1 Å². The fourth-order valence-electron chi connectivity index (χ4n) is 2.02. The molecule has 1 aliphatic heterocycles. The van der Waals surface area contributed by atoms with E-state index in [2.05, 4.69) is 33.0 Å². The Balaban J connectivity index is 1.79. The summed E-state index contributed by atoms with van der Waals surface area (Å²) in [5, 5.41) is 4.15. The molecule has 17 heavy (non-hydrogen) atoms. The normalized spacial score (nSPS) is 20.5. The Morgan fingerprint density at radius 3 is 3.06 bits per heavy atom. The van der Waals surface area contributed by atoms with Gasteiger partial charge in [0.15, 0.2) is 0 Å². The Morgan fingerprint density at radius 2 is 2.29 bits per heavy atom. The van der Waals surface area contributed by atoms with E-state index in [-0.39, 0.29) is 5.82 Å². The Hall–Kier alpha value is -0.0600. The van der Waals surface area contributed by atoms with Crippen molar-refractivity contribution in [3.8, 4) is 0 Å². The molecule has 1 nitrogen and oxygen atoms in total. The first-order valence-corrected chi connectivity index (χ1v) is 7.87. The lowest BCUT2D eigenvalue weighted by Crippen LogP contribution is -2.26. The van der Waals surface area contributed by atoms with E-state index >= 15 is 0 Å². The molecule has 2 rings (SSSR count). The third kappa shape index (κ3) is 3.97. The van der Waals surface area contributed by atoms with Crippen LogP contribution in [0.4, 0.5) is 4.39 Å². The lowest BCUT2D eigenvalue weighted by molar-refractivity contribution is 0.589. The Morgan fingerprint density at radius 1 is 1.41 bits per heavy atom. The smallest absolute Gasteiger partial charge is 0.137 e. The van der Waals surface area contributed by atoms with E-state index in [9.17, 15) is 4.39 Å². The van der Waals surface area contributed by atoms with Gasteiger partial charge >= 0.3 is 0 Å². The van der Waals surface area contributed by atoms with E-state index in [0.29, 0.717) is 4.47 Å². The summed E-state index contributed by atoms with van der Waals surface area (Å²) in [6.45, 7) is 1.75. The van der Waals surface area contributed by atoms with Crippen molar-refractivity contribution in [2.24, 2.45) is 0 Å². The molecule has 1 N–H and O–H groups in total. The topological polar surface area (TPSA) is 12.0 Å². The highest BCUT2D eigenvalue weighted by atomic mass is 79.9. The summed E-state index contributed by atoms with van der Waals surface area (Å²) in [5.74, 6) is 1.10. The summed E-state index contributed by atoms with van der Waals surface area (Å²) in [4.78, 5) is 0. The van der Waals surface area contributed by atoms with Crippen molar-refractivity contribution in [2.45, 2.75) is 31.1 Å². The van der Waals surface area contributed by atoms with Crippen molar-refractivity contribution in [3.63, 3.8) is 0 Å². The molecule has 0 aromatic heterocycles. The second kappa shape index (κ2) is 6.76. The molecule has 0 spiro atoms. The number of rotatable bonds is 4. The van der Waals surface area contributed by atoms with Crippen LogP contribution in [0.2, 0.25) is 0 Å². The highest BCUT2D eigenvalue weighted by Crippen LogP contribution is 2.25. The summed E-state index contributed by atoms with van der Waals surface area (Å²) in [5.41, 5.74) is 0.991. The molecule has 1 unspecified atom stereocenters. The lowest BCUT2D eigenvalue weighted by atomic mass is 10.2. The summed E-state index contributed by atoms with van der Waals surface area (Å²) in [7, 11) is 0. The van der Waals surface area contributed by atoms with Crippen molar-refractivity contribution in [1.82, 2.24) is 5.32 Å². The molecular weight excluding hydrogens is 301 g/mol. The van der Waals surface area contributed by atoms with Crippen LogP contribution in [0, 0.1) is 5.82 Å². The van der Waals surface area contributed by atoms with Crippen LogP contribution in [0.3, 0.4) is 0 Å². The zero-order chi connectivity index (χ0) is 12.1. The first-order valence-electron chi connectivity index (χ1n) is 6.02. The minimum atomic E-state index is -0.184. The molecular formula is C13H17BrFNS. The van der Waals surface area contributed by atoms with Gasteiger partial charge in [-0.25, -0.2) is 4.39 Å². The van der Waals surface area contributed by atoms with Crippen molar-refractivity contribution in [2.75, 3.05) is 12.3 Å². The average molecular weight is 318 g/mol. The van der Waals surface area contributed by atoms with Crippen molar-refractivity contribution in [1.29, 1.82) is 0 Å². The monoisotopic (exact) mass is 317 g/mol. The van der Waals surface area contributed by atoms with Crippen LogP contribution in [0.1, 0.15) is 24.8 Å². The number of nitrogens with one attached hydrogen (secondary N) is 1. The minimum Gasteiger partial charge on any atom is -0.312 e. The molecule has 1 fully saturated rings. The van der Waals surface area contributed by atoms with Crippen LogP contribution in [0.5, 0.6) is 0 Å². The van der Waals surface area contributed by atoms with E-state index < -0.39 is 0 Å². The molecule has 0 saturated carbocycles.